The van der Waals surface area contributed by atoms with E-state index in [0.717, 1.165) is 6.42 Å². The Hall–Kier alpha value is -1.75. The monoisotopic (exact) mass is 266 g/mol. The van der Waals surface area contributed by atoms with E-state index in [0.29, 0.717) is 30.0 Å². The molecule has 0 fully saturated rings. The van der Waals surface area contributed by atoms with Crippen molar-refractivity contribution >= 4 is 11.6 Å². The highest BCUT2D eigenvalue weighted by Gasteiger charge is 2.11. The summed E-state index contributed by atoms with van der Waals surface area (Å²) < 4.78 is 5.08. The summed E-state index contributed by atoms with van der Waals surface area (Å²) in [5, 5.41) is 11.8. The molecule has 19 heavy (non-hydrogen) atoms. The molecule has 1 atom stereocenters. The smallest absolute Gasteiger partial charge is 0.251 e. The molecule has 0 aliphatic rings. The van der Waals surface area contributed by atoms with Crippen LogP contribution in [0.15, 0.2) is 18.2 Å². The van der Waals surface area contributed by atoms with E-state index in [1.165, 1.54) is 7.11 Å². The number of benzene rings is 1. The van der Waals surface area contributed by atoms with Crippen molar-refractivity contribution < 1.29 is 14.6 Å². The fourth-order valence-electron chi connectivity index (χ4n) is 1.84. The summed E-state index contributed by atoms with van der Waals surface area (Å²) in [4.78, 5) is 12.0. The minimum absolute atomic E-state index is 0.139. The number of nitrogens with two attached hydrogens (primary N) is 1. The molecule has 1 aromatic carbocycles. The molecule has 0 radical (unpaired) electrons. The summed E-state index contributed by atoms with van der Waals surface area (Å²) in [5.74, 6) is 0.673. The molecule has 1 amide bonds. The lowest BCUT2D eigenvalue weighted by Crippen LogP contribution is -2.29. The van der Waals surface area contributed by atoms with E-state index in [-0.39, 0.29) is 18.4 Å². The van der Waals surface area contributed by atoms with Gasteiger partial charge in [-0.1, -0.05) is 13.3 Å². The molecule has 1 rings (SSSR count). The zero-order valence-electron chi connectivity index (χ0n) is 11.5. The number of aliphatic hydroxyl groups is 1. The largest absolute Gasteiger partial charge is 0.497 e. The van der Waals surface area contributed by atoms with Crippen molar-refractivity contribution in [3.63, 3.8) is 0 Å². The lowest BCUT2D eigenvalue weighted by atomic mass is 10.0. The van der Waals surface area contributed by atoms with Crippen molar-refractivity contribution in [3.8, 4) is 5.75 Å². The van der Waals surface area contributed by atoms with Gasteiger partial charge < -0.3 is 20.9 Å². The van der Waals surface area contributed by atoms with Crippen LogP contribution in [0.4, 0.5) is 5.69 Å². The molecule has 4 N–H and O–H groups in total. The molecule has 0 spiro atoms. The van der Waals surface area contributed by atoms with E-state index in [2.05, 4.69) is 5.32 Å². The topological polar surface area (TPSA) is 84.6 Å². The maximum atomic E-state index is 12.0. The average Bonchev–Trinajstić information content (AvgIpc) is 2.42. The summed E-state index contributed by atoms with van der Waals surface area (Å²) in [6.07, 6.45) is 1.61. The lowest BCUT2D eigenvalue weighted by molar-refractivity contribution is 0.0943. The number of carbonyl (C=O) groups excluding carboxylic acids is 1. The Bertz CT molecular complexity index is 421. The van der Waals surface area contributed by atoms with Crippen LogP contribution in [0.5, 0.6) is 5.75 Å². The predicted octanol–water partition coefficient (Wildman–Crippen LogP) is 1.42. The predicted molar refractivity (Wildman–Crippen MR) is 75.2 cm³/mol. The van der Waals surface area contributed by atoms with Crippen LogP contribution < -0.4 is 15.8 Å². The van der Waals surface area contributed by atoms with Crippen molar-refractivity contribution in [2.24, 2.45) is 5.92 Å². The molecule has 5 nitrogen and oxygen atoms in total. The number of nitrogens with one attached hydrogen (secondary N) is 1. The molecule has 106 valence electrons. The van der Waals surface area contributed by atoms with E-state index >= 15 is 0 Å². The number of amides is 1. The molecular formula is C14H22N2O3. The van der Waals surface area contributed by atoms with Crippen LogP contribution in [0.2, 0.25) is 0 Å². The van der Waals surface area contributed by atoms with Crippen molar-refractivity contribution in [1.82, 2.24) is 5.32 Å². The number of ether oxygens (including phenoxy) is 1. The Morgan fingerprint density at radius 2 is 2.21 bits per heavy atom. The van der Waals surface area contributed by atoms with Crippen molar-refractivity contribution in [1.29, 1.82) is 0 Å². The number of aliphatic hydroxyl groups excluding tert-OH is 1. The molecule has 1 aromatic rings. The van der Waals surface area contributed by atoms with Gasteiger partial charge in [-0.05, 0) is 24.5 Å². The molecule has 0 heterocycles. The first-order chi connectivity index (χ1) is 9.10. The van der Waals surface area contributed by atoms with Gasteiger partial charge in [-0.25, -0.2) is 0 Å². The molecule has 0 saturated heterocycles. The number of hydrogen-bond donors (Lipinski definition) is 3. The normalized spacial score (nSPS) is 11.9. The third kappa shape index (κ3) is 4.79. The quantitative estimate of drug-likeness (QED) is 0.652. The van der Waals surface area contributed by atoms with Crippen molar-refractivity contribution in [2.45, 2.75) is 19.8 Å². The summed E-state index contributed by atoms with van der Waals surface area (Å²) in [5.41, 5.74) is 6.68. The van der Waals surface area contributed by atoms with E-state index in [9.17, 15) is 4.79 Å². The summed E-state index contributed by atoms with van der Waals surface area (Å²) >= 11 is 0. The van der Waals surface area contributed by atoms with E-state index < -0.39 is 0 Å². The molecule has 0 aromatic heterocycles. The average molecular weight is 266 g/mol. The molecule has 0 saturated carbocycles. The Morgan fingerprint density at radius 3 is 2.79 bits per heavy atom. The number of carbonyl (C=O) groups is 1. The molecule has 0 aliphatic carbocycles. The molecule has 0 bridgehead atoms. The standard InChI is InChI=1S/C14H22N2O3/c1-3-10(4-5-17)9-16-14(18)11-6-12(15)8-13(7-11)19-2/h6-8,10,17H,3-5,9,15H2,1-2H3,(H,16,18). The van der Waals surface area contributed by atoms with Crippen LogP contribution >= 0.6 is 0 Å². The van der Waals surface area contributed by atoms with E-state index in [1.807, 2.05) is 6.92 Å². The Labute approximate surface area is 113 Å². The van der Waals surface area contributed by atoms with Crippen LogP contribution in [0.3, 0.4) is 0 Å². The van der Waals surface area contributed by atoms with Crippen molar-refractivity contribution in [3.05, 3.63) is 23.8 Å². The summed E-state index contributed by atoms with van der Waals surface area (Å²) in [6.45, 7) is 2.73. The second-order valence-corrected chi connectivity index (χ2v) is 4.49. The Kier molecular flexibility index (Phi) is 6.15. The van der Waals surface area contributed by atoms with Crippen molar-refractivity contribution in [2.75, 3.05) is 26.0 Å². The fraction of sp³-hybridized carbons (Fsp3) is 0.500. The third-order valence-electron chi connectivity index (χ3n) is 3.09. The van der Waals surface area contributed by atoms with Crippen LogP contribution in [0.25, 0.3) is 0 Å². The SMILES string of the molecule is CCC(CCO)CNC(=O)c1cc(N)cc(OC)c1. The number of anilines is 1. The zero-order chi connectivity index (χ0) is 14.3. The van der Waals surface area contributed by atoms with E-state index in [1.54, 1.807) is 18.2 Å². The number of rotatable bonds is 7. The first-order valence-electron chi connectivity index (χ1n) is 6.44. The number of hydrogen-bond acceptors (Lipinski definition) is 4. The van der Waals surface area contributed by atoms with Gasteiger partial charge in [0.15, 0.2) is 0 Å². The molecule has 0 aliphatic heterocycles. The highest BCUT2D eigenvalue weighted by Crippen LogP contribution is 2.18. The van der Waals surface area contributed by atoms with Gasteiger partial charge in [0.2, 0.25) is 0 Å². The van der Waals surface area contributed by atoms with Gasteiger partial charge in [0.05, 0.1) is 7.11 Å². The molecular weight excluding hydrogens is 244 g/mol. The third-order valence-corrected chi connectivity index (χ3v) is 3.09. The Balaban J connectivity index is 2.65. The van der Waals surface area contributed by atoms with Crippen LogP contribution in [-0.4, -0.2) is 31.3 Å². The summed E-state index contributed by atoms with van der Waals surface area (Å²) in [6, 6.07) is 4.93. The minimum Gasteiger partial charge on any atom is -0.497 e. The Morgan fingerprint density at radius 1 is 1.47 bits per heavy atom. The second kappa shape index (κ2) is 7.63. The maximum Gasteiger partial charge on any atom is 0.251 e. The molecule has 5 heteroatoms. The van der Waals surface area contributed by atoms with Gasteiger partial charge >= 0.3 is 0 Å². The first kappa shape index (κ1) is 15.3. The maximum absolute atomic E-state index is 12.0. The van der Waals surface area contributed by atoms with Crippen LogP contribution in [0.1, 0.15) is 30.1 Å². The highest BCUT2D eigenvalue weighted by molar-refractivity contribution is 5.95. The van der Waals surface area contributed by atoms with E-state index in [4.69, 9.17) is 15.6 Å². The second-order valence-electron chi connectivity index (χ2n) is 4.49. The first-order valence-corrected chi connectivity index (χ1v) is 6.44. The number of nitrogen functional groups attached to an aromatic ring is 1. The highest BCUT2D eigenvalue weighted by atomic mass is 16.5. The van der Waals surface area contributed by atoms with Gasteiger partial charge in [-0.2, -0.15) is 0 Å². The fourth-order valence-corrected chi connectivity index (χ4v) is 1.84. The van der Waals surface area contributed by atoms with Gasteiger partial charge in [0.25, 0.3) is 5.91 Å². The molecule has 1 unspecified atom stereocenters. The zero-order valence-corrected chi connectivity index (χ0v) is 11.5. The minimum atomic E-state index is -0.179. The van der Waals surface area contributed by atoms with Gasteiger partial charge in [0, 0.05) is 30.5 Å². The lowest BCUT2D eigenvalue weighted by Gasteiger charge is -2.14. The van der Waals surface area contributed by atoms with Crippen LogP contribution in [0, 0.1) is 5.92 Å². The summed E-state index contributed by atoms with van der Waals surface area (Å²) in [7, 11) is 1.53. The van der Waals surface area contributed by atoms with Gasteiger partial charge in [-0.15, -0.1) is 0 Å². The van der Waals surface area contributed by atoms with Crippen LogP contribution in [-0.2, 0) is 0 Å². The number of methoxy groups -OCH3 is 1. The van der Waals surface area contributed by atoms with Gasteiger partial charge in [0.1, 0.15) is 5.75 Å². The van der Waals surface area contributed by atoms with Gasteiger partial charge in [-0.3, -0.25) is 4.79 Å².